The number of hydrogen-bond donors (Lipinski definition) is 1. The lowest BCUT2D eigenvalue weighted by molar-refractivity contribution is 0.199. The molecule has 0 amide bonds. The molecule has 0 aromatic carbocycles. The van der Waals surface area contributed by atoms with Gasteiger partial charge in [-0.2, -0.15) is 0 Å². The number of rotatable bonds is 3. The van der Waals surface area contributed by atoms with Crippen LogP contribution in [0, 0.1) is 5.41 Å². The minimum Gasteiger partial charge on any atom is -0.395 e. The maximum Gasteiger partial charge on any atom is 0.0516 e. The molecular formula is C10H18O. The Morgan fingerprint density at radius 2 is 1.91 bits per heavy atom. The Kier molecular flexibility index (Phi) is 4.12. The lowest BCUT2D eigenvalue weighted by Crippen LogP contribution is -2.12. The highest BCUT2D eigenvalue weighted by atomic mass is 16.3. The summed E-state index contributed by atoms with van der Waals surface area (Å²) in [6.45, 7) is 8.30. The van der Waals surface area contributed by atoms with E-state index in [-0.39, 0.29) is 12.0 Å². The first-order chi connectivity index (χ1) is 4.98. The van der Waals surface area contributed by atoms with Crippen LogP contribution in [0.25, 0.3) is 0 Å². The monoisotopic (exact) mass is 154 g/mol. The van der Waals surface area contributed by atoms with Crippen LogP contribution in [-0.4, -0.2) is 11.7 Å². The Morgan fingerprint density at radius 3 is 2.27 bits per heavy atom. The maximum absolute atomic E-state index is 8.89. The van der Waals surface area contributed by atoms with Crippen LogP contribution in [-0.2, 0) is 0 Å². The molecule has 1 heteroatoms. The van der Waals surface area contributed by atoms with E-state index in [1.807, 2.05) is 32.1 Å². The molecule has 0 bridgehead atoms. The van der Waals surface area contributed by atoms with Gasteiger partial charge in [0.1, 0.15) is 0 Å². The van der Waals surface area contributed by atoms with Gasteiger partial charge in [0.15, 0.2) is 0 Å². The third-order valence-electron chi connectivity index (χ3n) is 1.38. The fraction of sp³-hybridized carbons (Fsp3) is 0.600. The van der Waals surface area contributed by atoms with Crippen LogP contribution in [0.15, 0.2) is 23.8 Å². The van der Waals surface area contributed by atoms with Crippen molar-refractivity contribution in [3.63, 3.8) is 0 Å². The van der Waals surface area contributed by atoms with Crippen molar-refractivity contribution in [2.24, 2.45) is 5.41 Å². The molecule has 0 heterocycles. The normalized spacial score (nSPS) is 12.1. The number of allylic oxidation sites excluding steroid dienone is 3. The van der Waals surface area contributed by atoms with Gasteiger partial charge < -0.3 is 5.11 Å². The molecule has 0 aliphatic heterocycles. The van der Waals surface area contributed by atoms with Crippen LogP contribution in [0.3, 0.4) is 0 Å². The molecule has 0 aromatic heterocycles. The zero-order valence-corrected chi connectivity index (χ0v) is 7.89. The molecule has 0 atom stereocenters. The van der Waals surface area contributed by atoms with Crippen molar-refractivity contribution < 1.29 is 5.11 Å². The smallest absolute Gasteiger partial charge is 0.0516 e. The molecule has 0 saturated carbocycles. The van der Waals surface area contributed by atoms with Crippen LogP contribution < -0.4 is 0 Å². The average molecular weight is 154 g/mol. The Bertz CT molecular complexity index is 160. The predicted octanol–water partition coefficient (Wildman–Crippen LogP) is 2.53. The summed E-state index contributed by atoms with van der Waals surface area (Å²) in [6.07, 6.45) is 6.04. The van der Waals surface area contributed by atoms with Crippen LogP contribution in [0.1, 0.15) is 27.7 Å². The summed E-state index contributed by atoms with van der Waals surface area (Å²) in [5.74, 6) is 0. The first-order valence-corrected chi connectivity index (χ1v) is 3.91. The summed E-state index contributed by atoms with van der Waals surface area (Å²) < 4.78 is 0. The van der Waals surface area contributed by atoms with Gasteiger partial charge in [-0.25, -0.2) is 0 Å². The van der Waals surface area contributed by atoms with Crippen LogP contribution >= 0.6 is 0 Å². The Labute approximate surface area is 69.4 Å². The Morgan fingerprint density at radius 1 is 1.36 bits per heavy atom. The van der Waals surface area contributed by atoms with E-state index in [1.54, 1.807) is 0 Å². The molecule has 0 saturated heterocycles. The zero-order chi connectivity index (χ0) is 8.91. The van der Waals surface area contributed by atoms with Gasteiger partial charge in [0, 0.05) is 5.41 Å². The molecule has 0 aliphatic rings. The van der Waals surface area contributed by atoms with Crippen molar-refractivity contribution in [2.45, 2.75) is 27.7 Å². The number of aliphatic hydroxyl groups is 1. The lowest BCUT2D eigenvalue weighted by Gasteiger charge is -2.14. The summed E-state index contributed by atoms with van der Waals surface area (Å²) in [5.41, 5.74) is 1.18. The van der Waals surface area contributed by atoms with Gasteiger partial charge in [0.05, 0.1) is 6.61 Å². The van der Waals surface area contributed by atoms with E-state index in [1.165, 1.54) is 5.57 Å². The van der Waals surface area contributed by atoms with Crippen molar-refractivity contribution in [3.05, 3.63) is 23.8 Å². The average Bonchev–Trinajstić information content (AvgIpc) is 1.87. The highest BCUT2D eigenvalue weighted by Crippen LogP contribution is 2.15. The van der Waals surface area contributed by atoms with Gasteiger partial charge in [-0.15, -0.1) is 0 Å². The SMILES string of the molecule is CC(C)=C/C=C/C(C)(C)CO. The molecule has 0 radical (unpaired) electrons. The molecule has 0 aliphatic carbocycles. The van der Waals surface area contributed by atoms with E-state index >= 15 is 0 Å². The van der Waals surface area contributed by atoms with Crippen LogP contribution in [0.4, 0.5) is 0 Å². The highest BCUT2D eigenvalue weighted by Gasteiger charge is 2.09. The second-order valence-electron chi connectivity index (χ2n) is 3.75. The van der Waals surface area contributed by atoms with Gasteiger partial charge in [0.25, 0.3) is 0 Å². The van der Waals surface area contributed by atoms with E-state index in [0.717, 1.165) is 0 Å². The Hall–Kier alpha value is -0.560. The molecule has 1 nitrogen and oxygen atoms in total. The van der Waals surface area contributed by atoms with Crippen molar-refractivity contribution in [1.29, 1.82) is 0 Å². The van der Waals surface area contributed by atoms with E-state index in [0.29, 0.717) is 0 Å². The number of aliphatic hydroxyl groups excluding tert-OH is 1. The summed E-state index contributed by atoms with van der Waals surface area (Å²) in [7, 11) is 0. The molecule has 0 aromatic rings. The Balaban J connectivity index is 4.02. The first kappa shape index (κ1) is 10.4. The molecule has 0 rings (SSSR count). The van der Waals surface area contributed by atoms with Crippen molar-refractivity contribution in [2.75, 3.05) is 6.61 Å². The van der Waals surface area contributed by atoms with Crippen molar-refractivity contribution in [3.8, 4) is 0 Å². The van der Waals surface area contributed by atoms with Crippen LogP contribution in [0.2, 0.25) is 0 Å². The second kappa shape index (κ2) is 4.35. The van der Waals surface area contributed by atoms with E-state index in [9.17, 15) is 0 Å². The summed E-state index contributed by atoms with van der Waals surface area (Å²) in [6, 6.07) is 0. The zero-order valence-electron chi connectivity index (χ0n) is 7.89. The predicted molar refractivity (Wildman–Crippen MR) is 49.4 cm³/mol. The molecule has 1 N–H and O–H groups in total. The lowest BCUT2D eigenvalue weighted by atomic mass is 9.94. The molecule has 0 spiro atoms. The van der Waals surface area contributed by atoms with Crippen molar-refractivity contribution >= 4 is 0 Å². The molecule has 0 fully saturated rings. The summed E-state index contributed by atoms with van der Waals surface area (Å²) >= 11 is 0. The minimum atomic E-state index is -0.0913. The first-order valence-electron chi connectivity index (χ1n) is 3.91. The third kappa shape index (κ3) is 5.86. The van der Waals surface area contributed by atoms with E-state index < -0.39 is 0 Å². The van der Waals surface area contributed by atoms with Gasteiger partial charge in [0.2, 0.25) is 0 Å². The standard InChI is InChI=1S/C10H18O/c1-9(2)6-5-7-10(3,4)8-11/h5-7,11H,8H2,1-4H3/b7-5+. The second-order valence-corrected chi connectivity index (χ2v) is 3.75. The van der Waals surface area contributed by atoms with E-state index in [4.69, 9.17) is 5.11 Å². The maximum atomic E-state index is 8.89. The van der Waals surface area contributed by atoms with Gasteiger partial charge in [-0.1, -0.05) is 37.6 Å². The molecule has 11 heavy (non-hydrogen) atoms. The fourth-order valence-corrected chi connectivity index (χ4v) is 0.554. The molecule has 64 valence electrons. The highest BCUT2D eigenvalue weighted by molar-refractivity contribution is 5.11. The molecular weight excluding hydrogens is 136 g/mol. The third-order valence-corrected chi connectivity index (χ3v) is 1.38. The van der Waals surface area contributed by atoms with Gasteiger partial charge in [-0.05, 0) is 13.8 Å². The fourth-order valence-electron chi connectivity index (χ4n) is 0.554. The largest absolute Gasteiger partial charge is 0.395 e. The topological polar surface area (TPSA) is 20.2 Å². The molecule has 0 unspecified atom stereocenters. The minimum absolute atomic E-state index is 0.0913. The van der Waals surface area contributed by atoms with Gasteiger partial charge >= 0.3 is 0 Å². The van der Waals surface area contributed by atoms with Crippen molar-refractivity contribution in [1.82, 2.24) is 0 Å². The van der Waals surface area contributed by atoms with Gasteiger partial charge in [-0.3, -0.25) is 0 Å². The quantitative estimate of drug-likeness (QED) is 0.619. The summed E-state index contributed by atoms with van der Waals surface area (Å²) in [5, 5.41) is 8.89. The van der Waals surface area contributed by atoms with E-state index in [2.05, 4.69) is 13.8 Å². The summed E-state index contributed by atoms with van der Waals surface area (Å²) in [4.78, 5) is 0. The number of hydrogen-bond acceptors (Lipinski definition) is 1. The van der Waals surface area contributed by atoms with Crippen LogP contribution in [0.5, 0.6) is 0 Å².